The highest BCUT2D eigenvalue weighted by Crippen LogP contribution is 2.42. The molecule has 0 aliphatic heterocycles. The van der Waals surface area contributed by atoms with Gasteiger partial charge in [0, 0.05) is 37.4 Å². The molecule has 1 heterocycles. The second kappa shape index (κ2) is 5.02. The molecule has 1 aromatic heterocycles. The van der Waals surface area contributed by atoms with Crippen molar-refractivity contribution in [3.8, 4) is 0 Å². The summed E-state index contributed by atoms with van der Waals surface area (Å²) in [6.45, 7) is 9.64. The highest BCUT2D eigenvalue weighted by molar-refractivity contribution is 5.05. The molecule has 1 aliphatic carbocycles. The number of hydrogen-bond donors (Lipinski definition) is 1. The van der Waals surface area contributed by atoms with Gasteiger partial charge in [-0.05, 0) is 26.3 Å². The van der Waals surface area contributed by atoms with E-state index in [0.29, 0.717) is 18.2 Å². The van der Waals surface area contributed by atoms with Gasteiger partial charge in [-0.1, -0.05) is 13.8 Å². The standard InChI is InChI=1S/C14H25N3O/c1-10(2)17-7-6-11(16-17)9-15-12-8-13(18-5)14(12,3)4/h6-7,10,12-13,15H,8-9H2,1-5H3. The van der Waals surface area contributed by atoms with Crippen molar-refractivity contribution < 1.29 is 4.74 Å². The number of rotatable bonds is 5. The first kappa shape index (κ1) is 13.6. The van der Waals surface area contributed by atoms with E-state index in [-0.39, 0.29) is 5.41 Å². The summed E-state index contributed by atoms with van der Waals surface area (Å²) >= 11 is 0. The minimum Gasteiger partial charge on any atom is -0.381 e. The average molecular weight is 251 g/mol. The van der Waals surface area contributed by atoms with Gasteiger partial charge in [0.2, 0.25) is 0 Å². The van der Waals surface area contributed by atoms with Crippen molar-refractivity contribution >= 4 is 0 Å². The molecule has 2 rings (SSSR count). The van der Waals surface area contributed by atoms with Gasteiger partial charge in [0.05, 0.1) is 11.8 Å². The van der Waals surface area contributed by atoms with Gasteiger partial charge in [-0.2, -0.15) is 5.10 Å². The first-order chi connectivity index (χ1) is 8.45. The lowest BCUT2D eigenvalue weighted by atomic mass is 9.64. The van der Waals surface area contributed by atoms with E-state index in [0.717, 1.165) is 18.7 Å². The summed E-state index contributed by atoms with van der Waals surface area (Å²) < 4.78 is 7.46. The molecule has 1 aromatic rings. The van der Waals surface area contributed by atoms with Crippen molar-refractivity contribution in [2.75, 3.05) is 7.11 Å². The lowest BCUT2D eigenvalue weighted by Gasteiger charge is -2.51. The third-order valence-corrected chi connectivity index (χ3v) is 4.18. The fourth-order valence-electron chi connectivity index (χ4n) is 2.62. The van der Waals surface area contributed by atoms with Crippen molar-refractivity contribution in [1.29, 1.82) is 0 Å². The van der Waals surface area contributed by atoms with Gasteiger partial charge in [-0.3, -0.25) is 4.68 Å². The van der Waals surface area contributed by atoms with Crippen LogP contribution in [0.25, 0.3) is 0 Å². The molecule has 1 saturated carbocycles. The molecule has 1 N–H and O–H groups in total. The van der Waals surface area contributed by atoms with E-state index in [4.69, 9.17) is 4.74 Å². The molecule has 2 unspecified atom stereocenters. The van der Waals surface area contributed by atoms with Crippen LogP contribution in [-0.4, -0.2) is 29.0 Å². The number of methoxy groups -OCH3 is 1. The van der Waals surface area contributed by atoms with Gasteiger partial charge in [0.25, 0.3) is 0 Å². The predicted octanol–water partition coefficient (Wildman–Crippen LogP) is 2.37. The van der Waals surface area contributed by atoms with Crippen LogP contribution in [0.3, 0.4) is 0 Å². The summed E-state index contributed by atoms with van der Waals surface area (Å²) in [6, 6.07) is 3.04. The van der Waals surface area contributed by atoms with Crippen LogP contribution in [0.4, 0.5) is 0 Å². The molecule has 4 heteroatoms. The molecule has 18 heavy (non-hydrogen) atoms. The predicted molar refractivity (Wildman–Crippen MR) is 72.4 cm³/mol. The van der Waals surface area contributed by atoms with Gasteiger partial charge >= 0.3 is 0 Å². The summed E-state index contributed by atoms with van der Waals surface area (Å²) in [5.74, 6) is 0. The van der Waals surface area contributed by atoms with Crippen molar-refractivity contribution in [3.63, 3.8) is 0 Å². The lowest BCUT2D eigenvalue weighted by molar-refractivity contribution is -0.0979. The normalized spacial score (nSPS) is 26.3. The molecule has 4 nitrogen and oxygen atoms in total. The van der Waals surface area contributed by atoms with E-state index < -0.39 is 0 Å². The van der Waals surface area contributed by atoms with Crippen LogP contribution in [0.1, 0.15) is 45.9 Å². The van der Waals surface area contributed by atoms with Crippen LogP contribution in [0, 0.1) is 5.41 Å². The lowest BCUT2D eigenvalue weighted by Crippen LogP contribution is -2.60. The molecule has 0 spiro atoms. The Labute approximate surface area is 110 Å². The number of ether oxygens (including phenoxy) is 1. The number of hydrogen-bond acceptors (Lipinski definition) is 3. The SMILES string of the molecule is COC1CC(NCc2ccn(C(C)C)n2)C1(C)C. The van der Waals surface area contributed by atoms with Crippen molar-refractivity contribution in [2.24, 2.45) is 5.41 Å². The fraction of sp³-hybridized carbons (Fsp3) is 0.786. The fourth-order valence-corrected chi connectivity index (χ4v) is 2.62. The van der Waals surface area contributed by atoms with Crippen LogP contribution < -0.4 is 5.32 Å². The molecule has 0 amide bonds. The van der Waals surface area contributed by atoms with E-state index >= 15 is 0 Å². The summed E-state index contributed by atoms with van der Waals surface area (Å²) in [7, 11) is 1.80. The zero-order valence-corrected chi connectivity index (χ0v) is 12.1. The Morgan fingerprint density at radius 2 is 2.28 bits per heavy atom. The molecular formula is C14H25N3O. The maximum absolute atomic E-state index is 5.46. The molecule has 102 valence electrons. The van der Waals surface area contributed by atoms with Gasteiger partial charge in [-0.25, -0.2) is 0 Å². The quantitative estimate of drug-likeness (QED) is 0.873. The highest BCUT2D eigenvalue weighted by Gasteiger charge is 2.48. The maximum atomic E-state index is 5.46. The maximum Gasteiger partial charge on any atom is 0.0762 e. The minimum absolute atomic E-state index is 0.218. The smallest absolute Gasteiger partial charge is 0.0762 e. The van der Waals surface area contributed by atoms with Gasteiger partial charge in [0.1, 0.15) is 0 Å². The summed E-state index contributed by atoms with van der Waals surface area (Å²) in [5, 5.41) is 8.14. The number of nitrogens with zero attached hydrogens (tertiary/aromatic N) is 2. The summed E-state index contributed by atoms with van der Waals surface area (Å²) in [4.78, 5) is 0. The Bertz CT molecular complexity index is 397. The minimum atomic E-state index is 0.218. The third-order valence-electron chi connectivity index (χ3n) is 4.18. The van der Waals surface area contributed by atoms with Crippen LogP contribution in [-0.2, 0) is 11.3 Å². The Kier molecular flexibility index (Phi) is 3.78. The van der Waals surface area contributed by atoms with E-state index in [1.807, 2.05) is 10.9 Å². The molecule has 0 radical (unpaired) electrons. The second-order valence-electron chi connectivity index (χ2n) is 6.10. The average Bonchev–Trinajstić information content (AvgIpc) is 2.76. The summed E-state index contributed by atoms with van der Waals surface area (Å²) in [5.41, 5.74) is 1.33. The van der Waals surface area contributed by atoms with E-state index in [2.05, 4.69) is 44.2 Å². The molecule has 1 aliphatic rings. The van der Waals surface area contributed by atoms with Crippen molar-refractivity contribution in [1.82, 2.24) is 15.1 Å². The Morgan fingerprint density at radius 3 is 2.78 bits per heavy atom. The zero-order chi connectivity index (χ0) is 13.3. The van der Waals surface area contributed by atoms with Gasteiger partial charge in [-0.15, -0.1) is 0 Å². The Morgan fingerprint density at radius 1 is 1.56 bits per heavy atom. The van der Waals surface area contributed by atoms with Crippen molar-refractivity contribution in [3.05, 3.63) is 18.0 Å². The molecular weight excluding hydrogens is 226 g/mol. The Balaban J connectivity index is 1.85. The zero-order valence-electron chi connectivity index (χ0n) is 12.1. The molecule has 0 aromatic carbocycles. The molecule has 1 fully saturated rings. The van der Waals surface area contributed by atoms with Crippen LogP contribution in [0.2, 0.25) is 0 Å². The largest absolute Gasteiger partial charge is 0.381 e. The van der Waals surface area contributed by atoms with Gasteiger partial charge in [0.15, 0.2) is 0 Å². The molecule has 0 saturated heterocycles. The molecule has 0 bridgehead atoms. The highest BCUT2D eigenvalue weighted by atomic mass is 16.5. The first-order valence-electron chi connectivity index (χ1n) is 6.75. The Hall–Kier alpha value is -0.870. The number of aromatic nitrogens is 2. The van der Waals surface area contributed by atoms with Crippen LogP contribution in [0.15, 0.2) is 12.3 Å². The summed E-state index contributed by atoms with van der Waals surface area (Å²) in [6.07, 6.45) is 3.52. The van der Waals surface area contributed by atoms with E-state index in [9.17, 15) is 0 Å². The monoisotopic (exact) mass is 251 g/mol. The second-order valence-corrected chi connectivity index (χ2v) is 6.10. The van der Waals surface area contributed by atoms with Crippen molar-refractivity contribution in [2.45, 2.75) is 58.8 Å². The number of nitrogens with one attached hydrogen (secondary N) is 1. The van der Waals surface area contributed by atoms with E-state index in [1.54, 1.807) is 7.11 Å². The molecule has 2 atom stereocenters. The topological polar surface area (TPSA) is 39.1 Å². The van der Waals surface area contributed by atoms with E-state index in [1.165, 1.54) is 0 Å². The third kappa shape index (κ3) is 2.45. The van der Waals surface area contributed by atoms with Crippen LogP contribution in [0.5, 0.6) is 0 Å². The first-order valence-corrected chi connectivity index (χ1v) is 6.75. The van der Waals surface area contributed by atoms with Crippen LogP contribution >= 0.6 is 0 Å². The van der Waals surface area contributed by atoms with Gasteiger partial charge < -0.3 is 10.1 Å².